The van der Waals surface area contributed by atoms with Gasteiger partial charge in [0.25, 0.3) is 5.91 Å². The number of nitrogens with zero attached hydrogens (tertiary/aromatic N) is 1. The molecule has 1 N–H and O–H groups in total. The molecule has 1 aromatic carbocycles. The van der Waals surface area contributed by atoms with Crippen LogP contribution in [0.5, 0.6) is 0 Å². The highest BCUT2D eigenvalue weighted by molar-refractivity contribution is 7.78. The molecule has 7 heteroatoms. The zero-order valence-corrected chi connectivity index (χ0v) is 18.8. The first-order chi connectivity index (χ1) is 12.9. The van der Waals surface area contributed by atoms with Crippen LogP contribution >= 0.6 is 11.3 Å². The molecule has 0 saturated carbocycles. The van der Waals surface area contributed by atoms with Crippen LogP contribution in [0, 0.1) is 5.82 Å². The first-order valence-electron chi connectivity index (χ1n) is 9.26. The Labute approximate surface area is 172 Å². The molecular formula is C21H28FNO3S2. The van der Waals surface area contributed by atoms with Gasteiger partial charge in [0.2, 0.25) is 0 Å². The maximum atomic E-state index is 14.4. The highest BCUT2D eigenvalue weighted by Gasteiger charge is 2.21. The Morgan fingerprint density at radius 3 is 2.39 bits per heavy atom. The van der Waals surface area contributed by atoms with Crippen molar-refractivity contribution in [1.82, 2.24) is 0 Å². The minimum atomic E-state index is -2.26. The van der Waals surface area contributed by atoms with E-state index in [9.17, 15) is 18.5 Å². The quantitative estimate of drug-likeness (QED) is 0.629. The van der Waals surface area contributed by atoms with Gasteiger partial charge in [-0.2, -0.15) is 4.36 Å². The summed E-state index contributed by atoms with van der Waals surface area (Å²) in [7, 11) is -2.26. The third-order valence-corrected chi connectivity index (χ3v) is 6.98. The molecule has 2 aromatic rings. The molecule has 0 spiro atoms. The van der Waals surface area contributed by atoms with E-state index < -0.39 is 22.1 Å². The van der Waals surface area contributed by atoms with Crippen molar-refractivity contribution < 1.29 is 18.5 Å². The van der Waals surface area contributed by atoms with Crippen LogP contribution in [-0.2, 0) is 27.4 Å². The zero-order chi connectivity index (χ0) is 21.2. The molecule has 0 saturated heterocycles. The van der Waals surface area contributed by atoms with Crippen LogP contribution in [-0.4, -0.2) is 15.2 Å². The Bertz CT molecular complexity index is 949. The SMILES string of the molecule is CC(C)c1ccc(F)c(C(C)C)c1CC(=O)/N=[SH](=O)/c1cc(C(C)(C)O)cs1. The van der Waals surface area contributed by atoms with E-state index in [1.54, 1.807) is 31.4 Å². The van der Waals surface area contributed by atoms with Gasteiger partial charge in [0.1, 0.15) is 5.82 Å². The number of aliphatic hydroxyl groups is 1. The fraction of sp³-hybridized carbons (Fsp3) is 0.476. The van der Waals surface area contributed by atoms with Crippen LogP contribution < -0.4 is 0 Å². The number of thiophene rings is 1. The molecule has 4 nitrogen and oxygen atoms in total. The van der Waals surface area contributed by atoms with Gasteiger partial charge in [0.15, 0.2) is 0 Å². The average molecular weight is 426 g/mol. The predicted molar refractivity (Wildman–Crippen MR) is 113 cm³/mol. The van der Waals surface area contributed by atoms with Crippen LogP contribution in [0.25, 0.3) is 0 Å². The van der Waals surface area contributed by atoms with Gasteiger partial charge in [0.05, 0.1) is 26.8 Å². The maximum absolute atomic E-state index is 14.4. The first-order valence-corrected chi connectivity index (χ1v) is 11.3. The normalized spacial score (nSPS) is 13.5. The minimum Gasteiger partial charge on any atom is -0.386 e. The summed E-state index contributed by atoms with van der Waals surface area (Å²) in [5.41, 5.74) is 1.66. The fourth-order valence-corrected chi connectivity index (χ4v) is 5.16. The second kappa shape index (κ2) is 8.84. The minimum absolute atomic E-state index is 0.0798. The average Bonchev–Trinajstić information content (AvgIpc) is 3.04. The fourth-order valence-electron chi connectivity index (χ4n) is 3.10. The number of thiol groups is 1. The van der Waals surface area contributed by atoms with E-state index in [1.165, 1.54) is 17.4 Å². The Morgan fingerprint density at radius 1 is 1.25 bits per heavy atom. The van der Waals surface area contributed by atoms with Gasteiger partial charge in [-0.1, -0.05) is 33.8 Å². The van der Waals surface area contributed by atoms with E-state index in [4.69, 9.17) is 0 Å². The number of halogens is 1. The van der Waals surface area contributed by atoms with Crippen molar-refractivity contribution in [2.45, 2.75) is 69.6 Å². The predicted octanol–water partition coefficient (Wildman–Crippen LogP) is 5.15. The summed E-state index contributed by atoms with van der Waals surface area (Å²) in [6, 6.07) is 4.77. The molecule has 1 heterocycles. The lowest BCUT2D eigenvalue weighted by Crippen LogP contribution is -2.13. The largest absolute Gasteiger partial charge is 0.386 e. The van der Waals surface area contributed by atoms with Gasteiger partial charge < -0.3 is 5.11 Å². The van der Waals surface area contributed by atoms with Gasteiger partial charge in [-0.05, 0) is 65.4 Å². The molecule has 1 aromatic heterocycles. The van der Waals surface area contributed by atoms with E-state index in [0.29, 0.717) is 20.9 Å². The molecular weight excluding hydrogens is 397 g/mol. The van der Waals surface area contributed by atoms with Gasteiger partial charge >= 0.3 is 0 Å². The van der Waals surface area contributed by atoms with Crippen LogP contribution in [0.1, 0.15) is 75.6 Å². The van der Waals surface area contributed by atoms with E-state index in [-0.39, 0.29) is 24.1 Å². The maximum Gasteiger partial charge on any atom is 0.258 e. The van der Waals surface area contributed by atoms with Crippen LogP contribution in [0.2, 0.25) is 0 Å². The number of hydrogen-bond acceptors (Lipinski definition) is 4. The molecule has 1 unspecified atom stereocenters. The summed E-state index contributed by atoms with van der Waals surface area (Å²) in [5, 5.41) is 11.7. The monoisotopic (exact) mass is 425 g/mol. The van der Waals surface area contributed by atoms with Crippen molar-refractivity contribution in [3.05, 3.63) is 51.7 Å². The van der Waals surface area contributed by atoms with E-state index >= 15 is 0 Å². The number of carbonyl (C=O) groups excluding carboxylic acids is 1. The van der Waals surface area contributed by atoms with Gasteiger partial charge in [-0.3, -0.25) is 4.79 Å². The van der Waals surface area contributed by atoms with Crippen molar-refractivity contribution >= 4 is 27.8 Å². The smallest absolute Gasteiger partial charge is 0.258 e. The number of amides is 1. The summed E-state index contributed by atoms with van der Waals surface area (Å²) in [6.45, 7) is 11.0. The molecule has 0 aliphatic rings. The molecule has 0 radical (unpaired) electrons. The zero-order valence-electron chi connectivity index (χ0n) is 17.1. The van der Waals surface area contributed by atoms with Crippen LogP contribution in [0.3, 0.4) is 0 Å². The molecule has 1 amide bonds. The second-order valence-electron chi connectivity index (χ2n) is 8.01. The molecule has 28 heavy (non-hydrogen) atoms. The summed E-state index contributed by atoms with van der Waals surface area (Å²) >= 11 is 1.20. The number of benzene rings is 1. The standard InChI is InChI=1S/C21H28FNO3S2/c1-12(2)15-7-8-17(22)20(13(3)4)16(15)10-18(24)23-28(26)19-9-14(11-27-19)21(5,6)25/h7-9,11-13,25,28H,10H2,1-6H3. The van der Waals surface area contributed by atoms with Crippen molar-refractivity contribution in [1.29, 1.82) is 0 Å². The van der Waals surface area contributed by atoms with E-state index in [0.717, 1.165) is 5.56 Å². The number of hydrogen-bond donors (Lipinski definition) is 2. The Hall–Kier alpha value is -1.57. The number of rotatable bonds is 6. The van der Waals surface area contributed by atoms with Crippen molar-refractivity contribution in [2.75, 3.05) is 0 Å². The lowest BCUT2D eigenvalue weighted by molar-refractivity contribution is -0.117. The lowest BCUT2D eigenvalue weighted by atomic mass is 9.86. The summed E-state index contributed by atoms with van der Waals surface area (Å²) in [6.07, 6.45) is -0.0798. The highest BCUT2D eigenvalue weighted by atomic mass is 32.2. The highest BCUT2D eigenvalue weighted by Crippen LogP contribution is 2.31. The number of carbonyl (C=O) groups is 1. The molecule has 0 bridgehead atoms. The van der Waals surface area contributed by atoms with Crippen molar-refractivity contribution in [3.8, 4) is 0 Å². The third kappa shape index (κ3) is 5.27. The van der Waals surface area contributed by atoms with Crippen molar-refractivity contribution in [3.63, 3.8) is 0 Å². The summed E-state index contributed by atoms with van der Waals surface area (Å²) in [5.74, 6) is -0.823. The summed E-state index contributed by atoms with van der Waals surface area (Å²) in [4.78, 5) is 12.5. The lowest BCUT2D eigenvalue weighted by Gasteiger charge is -2.19. The second-order valence-corrected chi connectivity index (χ2v) is 10.5. The van der Waals surface area contributed by atoms with E-state index in [2.05, 4.69) is 4.36 Å². The molecule has 0 fully saturated rings. The van der Waals surface area contributed by atoms with Crippen LogP contribution in [0.15, 0.2) is 32.2 Å². The third-order valence-electron chi connectivity index (χ3n) is 4.55. The Kier molecular flexibility index (Phi) is 7.17. The van der Waals surface area contributed by atoms with E-state index in [1.807, 2.05) is 27.7 Å². The van der Waals surface area contributed by atoms with Gasteiger partial charge in [-0.25, -0.2) is 8.60 Å². The van der Waals surface area contributed by atoms with Crippen molar-refractivity contribution in [2.24, 2.45) is 4.36 Å². The topological polar surface area (TPSA) is 66.7 Å². The molecule has 2 rings (SSSR count). The van der Waals surface area contributed by atoms with Gasteiger partial charge in [0, 0.05) is 0 Å². The Morgan fingerprint density at radius 2 is 1.89 bits per heavy atom. The molecule has 154 valence electrons. The molecule has 0 aliphatic carbocycles. The molecule has 0 aliphatic heterocycles. The van der Waals surface area contributed by atoms with Gasteiger partial charge in [-0.15, -0.1) is 11.3 Å². The van der Waals surface area contributed by atoms with Crippen LogP contribution in [0.4, 0.5) is 4.39 Å². The molecule has 1 atom stereocenters. The Balaban J connectivity index is 2.37. The summed E-state index contributed by atoms with van der Waals surface area (Å²) < 4.78 is 31.2. The first kappa shape index (κ1) is 22.7.